The summed E-state index contributed by atoms with van der Waals surface area (Å²) in [5.74, 6) is 0. The first-order valence-electron chi connectivity index (χ1n) is 1.65. The van der Waals surface area contributed by atoms with Crippen molar-refractivity contribution in [2.45, 2.75) is 13.1 Å². The summed E-state index contributed by atoms with van der Waals surface area (Å²) in [5.41, 5.74) is 0. The fourth-order valence-electron chi connectivity index (χ4n) is 0.0913. The highest BCUT2D eigenvalue weighted by Gasteiger charge is 1.83. The highest BCUT2D eigenvalue weighted by atomic mass is 32.1. The van der Waals surface area contributed by atoms with E-state index in [0.717, 1.165) is 0 Å². The molecule has 33 valence electrons. The van der Waals surface area contributed by atoms with Gasteiger partial charge in [-0.3, -0.25) is 4.66 Å². The molecule has 0 aliphatic rings. The summed E-state index contributed by atoms with van der Waals surface area (Å²) in [6.07, 6.45) is 0. The van der Waals surface area contributed by atoms with Gasteiger partial charge in [-0.25, -0.2) is 0 Å². The second-order valence-electron chi connectivity index (χ2n) is 1.15. The molecule has 0 aromatic carbocycles. The Morgan fingerprint density at radius 2 is 2.17 bits per heavy atom. The van der Waals surface area contributed by atoms with Crippen LogP contribution in [-0.4, -0.2) is 14.1 Å². The highest BCUT2D eigenvalue weighted by molar-refractivity contribution is 7.78. The van der Waals surface area contributed by atoms with Gasteiger partial charge in [0.1, 0.15) is 0 Å². The zero-order valence-corrected chi connectivity index (χ0v) is 5.67. The van der Waals surface area contributed by atoms with Crippen LogP contribution in [0.5, 0.6) is 0 Å². The maximum atomic E-state index is 4.34. The standard InChI is InChI=1S/C3H6NSSi/c1-6(2)4-3-5/h1-2H3. The van der Waals surface area contributed by atoms with Crippen LogP contribution >= 0.6 is 12.2 Å². The van der Waals surface area contributed by atoms with Crippen molar-refractivity contribution in [3.63, 3.8) is 0 Å². The lowest BCUT2D eigenvalue weighted by molar-refractivity contribution is 1.75. The predicted molar refractivity (Wildman–Crippen MR) is 32.5 cm³/mol. The summed E-state index contributed by atoms with van der Waals surface area (Å²) in [6, 6.07) is 0. The van der Waals surface area contributed by atoms with Crippen molar-refractivity contribution < 1.29 is 0 Å². The topological polar surface area (TPSA) is 12.4 Å². The molecule has 3 heteroatoms. The molecule has 0 saturated carbocycles. The molecule has 0 rings (SSSR count). The van der Waals surface area contributed by atoms with Crippen LogP contribution in [0.25, 0.3) is 0 Å². The number of hydrogen-bond donors (Lipinski definition) is 0. The van der Waals surface area contributed by atoms with E-state index < -0.39 is 8.96 Å². The Kier molecular flexibility index (Phi) is 3.23. The van der Waals surface area contributed by atoms with E-state index in [4.69, 9.17) is 0 Å². The first kappa shape index (κ1) is 6.02. The van der Waals surface area contributed by atoms with E-state index in [1.165, 1.54) is 0 Å². The van der Waals surface area contributed by atoms with Crippen LogP contribution in [0, 0.1) is 0 Å². The predicted octanol–water partition coefficient (Wildman–Crippen LogP) is 1.34. The van der Waals surface area contributed by atoms with Crippen LogP contribution in [0.4, 0.5) is 0 Å². The van der Waals surface area contributed by atoms with E-state index in [9.17, 15) is 0 Å². The van der Waals surface area contributed by atoms with Gasteiger partial charge < -0.3 is 0 Å². The number of hydrogen-bond acceptors (Lipinski definition) is 2. The minimum atomic E-state index is -0.476. The fraction of sp³-hybridized carbons (Fsp3) is 0.667. The van der Waals surface area contributed by atoms with Crippen LogP contribution in [0.2, 0.25) is 13.1 Å². The lowest BCUT2D eigenvalue weighted by Gasteiger charge is -1.79. The van der Waals surface area contributed by atoms with Crippen LogP contribution < -0.4 is 0 Å². The number of isothiocyanates is 1. The summed E-state index contributed by atoms with van der Waals surface area (Å²) < 4.78 is 3.79. The fourth-order valence-corrected chi connectivity index (χ4v) is 0.822. The Morgan fingerprint density at radius 1 is 1.67 bits per heavy atom. The number of thiocarbonyl (C=S) groups is 1. The van der Waals surface area contributed by atoms with Crippen LogP contribution in [-0.2, 0) is 0 Å². The molecule has 0 saturated heterocycles. The van der Waals surface area contributed by atoms with Crippen molar-refractivity contribution >= 4 is 26.3 Å². The summed E-state index contributed by atoms with van der Waals surface area (Å²) in [5, 5.41) is 2.32. The summed E-state index contributed by atoms with van der Waals surface area (Å²) in [7, 11) is -0.476. The van der Waals surface area contributed by atoms with Gasteiger partial charge in [-0.15, -0.1) is 0 Å². The van der Waals surface area contributed by atoms with Gasteiger partial charge in [0.05, 0.1) is 0 Å². The van der Waals surface area contributed by atoms with Crippen LogP contribution in [0.3, 0.4) is 0 Å². The SMILES string of the molecule is C[Si](C)N=C=S. The molecule has 6 heavy (non-hydrogen) atoms. The molecular weight excluding hydrogens is 110 g/mol. The van der Waals surface area contributed by atoms with E-state index in [2.05, 4.69) is 35.1 Å². The maximum Gasteiger partial charge on any atom is 0.204 e. The summed E-state index contributed by atoms with van der Waals surface area (Å²) in [4.78, 5) is 0. The Bertz CT molecular complexity index is 74.9. The molecule has 0 bridgehead atoms. The van der Waals surface area contributed by atoms with Gasteiger partial charge >= 0.3 is 0 Å². The lowest BCUT2D eigenvalue weighted by Crippen LogP contribution is -1.90. The quantitative estimate of drug-likeness (QED) is 0.286. The molecule has 1 nitrogen and oxygen atoms in total. The molecule has 1 radical (unpaired) electrons. The van der Waals surface area contributed by atoms with Crippen molar-refractivity contribution in [3.05, 3.63) is 0 Å². The minimum Gasteiger partial charge on any atom is -0.275 e. The molecule has 0 spiro atoms. The van der Waals surface area contributed by atoms with Gasteiger partial charge in [0.25, 0.3) is 0 Å². The van der Waals surface area contributed by atoms with Crippen molar-refractivity contribution in [2.75, 3.05) is 0 Å². The zero-order chi connectivity index (χ0) is 4.99. The summed E-state index contributed by atoms with van der Waals surface area (Å²) in [6.45, 7) is 4.12. The van der Waals surface area contributed by atoms with Gasteiger partial charge in [-0.1, -0.05) is 0 Å². The lowest BCUT2D eigenvalue weighted by atomic mass is 11.8. The van der Waals surface area contributed by atoms with Gasteiger partial charge in [-0.05, 0) is 25.3 Å². The normalized spacial score (nSPS) is 7.83. The Hall–Kier alpha value is 0.0169. The van der Waals surface area contributed by atoms with Crippen molar-refractivity contribution in [3.8, 4) is 0 Å². The monoisotopic (exact) mass is 116 g/mol. The first-order valence-corrected chi connectivity index (χ1v) is 4.51. The molecule has 0 amide bonds. The number of rotatable bonds is 1. The van der Waals surface area contributed by atoms with Gasteiger partial charge in [0, 0.05) is 5.16 Å². The molecule has 0 aliphatic heterocycles. The third-order valence-corrected chi connectivity index (χ3v) is 1.08. The van der Waals surface area contributed by atoms with E-state index in [0.29, 0.717) is 0 Å². The molecular formula is C3H6NSSi. The highest BCUT2D eigenvalue weighted by Crippen LogP contribution is 1.74. The van der Waals surface area contributed by atoms with E-state index in [1.54, 1.807) is 0 Å². The van der Waals surface area contributed by atoms with E-state index in [1.807, 2.05) is 0 Å². The zero-order valence-electron chi connectivity index (χ0n) is 3.86. The van der Waals surface area contributed by atoms with Gasteiger partial charge in [0.2, 0.25) is 8.96 Å². The third kappa shape index (κ3) is 4.02. The van der Waals surface area contributed by atoms with Gasteiger partial charge in [-0.2, -0.15) is 0 Å². The second kappa shape index (κ2) is 3.22. The Labute approximate surface area is 44.8 Å². The molecule has 0 aromatic heterocycles. The average molecular weight is 116 g/mol. The summed E-state index contributed by atoms with van der Waals surface area (Å²) >= 11 is 4.34. The molecule has 0 unspecified atom stereocenters. The van der Waals surface area contributed by atoms with Crippen molar-refractivity contribution in [1.29, 1.82) is 0 Å². The first-order chi connectivity index (χ1) is 2.77. The van der Waals surface area contributed by atoms with E-state index >= 15 is 0 Å². The molecule has 0 N–H and O–H groups in total. The smallest absolute Gasteiger partial charge is 0.204 e. The largest absolute Gasteiger partial charge is 0.275 e. The Morgan fingerprint density at radius 3 is 2.17 bits per heavy atom. The maximum absolute atomic E-state index is 4.34. The van der Waals surface area contributed by atoms with Crippen LogP contribution in [0.15, 0.2) is 4.66 Å². The van der Waals surface area contributed by atoms with Crippen molar-refractivity contribution in [1.82, 2.24) is 0 Å². The van der Waals surface area contributed by atoms with Crippen molar-refractivity contribution in [2.24, 2.45) is 4.66 Å². The number of nitrogens with zero attached hydrogens (tertiary/aromatic N) is 1. The Balaban J connectivity index is 3.29. The molecule has 0 atom stereocenters. The molecule has 0 heterocycles. The molecule has 0 aliphatic carbocycles. The average Bonchev–Trinajstić information content (AvgIpc) is 1.35. The van der Waals surface area contributed by atoms with Crippen LogP contribution in [0.1, 0.15) is 0 Å². The third-order valence-electron chi connectivity index (χ3n) is 0.269. The molecule has 0 fully saturated rings. The molecule has 0 aromatic rings. The van der Waals surface area contributed by atoms with Gasteiger partial charge in [0.15, 0.2) is 0 Å². The second-order valence-corrected chi connectivity index (χ2v) is 3.45. The van der Waals surface area contributed by atoms with E-state index in [-0.39, 0.29) is 0 Å². The minimum absolute atomic E-state index is 0.476.